The van der Waals surface area contributed by atoms with Gasteiger partial charge in [-0.1, -0.05) is 32.2 Å². The molecule has 0 radical (unpaired) electrons. The standard InChI is InChI=1S/C7H15N.C4H6/c1-7-4-3-5-8(2)6-7;1-3-4-2/h7H,3-6H2,1-2H3;3-4H,1-2H2. The van der Waals surface area contributed by atoms with Gasteiger partial charge >= 0.3 is 0 Å². The van der Waals surface area contributed by atoms with Crippen LogP contribution >= 0.6 is 0 Å². The Balaban J connectivity index is 0.000000261. The minimum Gasteiger partial charge on any atom is -0.306 e. The topological polar surface area (TPSA) is 3.24 Å². The number of piperidine rings is 1. The maximum absolute atomic E-state index is 3.36. The minimum absolute atomic E-state index is 0.939. The summed E-state index contributed by atoms with van der Waals surface area (Å²) in [6.45, 7) is 11.7. The highest BCUT2D eigenvalue weighted by molar-refractivity contribution is 4.88. The summed E-state index contributed by atoms with van der Waals surface area (Å²) in [6.07, 6.45) is 6.11. The molecule has 0 aliphatic carbocycles. The molecule has 1 aliphatic rings. The van der Waals surface area contributed by atoms with Gasteiger partial charge in [-0.2, -0.15) is 0 Å². The number of nitrogens with zero attached hydrogens (tertiary/aromatic N) is 1. The van der Waals surface area contributed by atoms with E-state index in [1.165, 1.54) is 25.9 Å². The summed E-state index contributed by atoms with van der Waals surface area (Å²) in [7, 11) is 2.20. The van der Waals surface area contributed by atoms with Gasteiger partial charge in [0.1, 0.15) is 0 Å². The normalized spacial score (nSPS) is 23.7. The molecule has 1 nitrogen and oxygen atoms in total. The Morgan fingerprint density at radius 2 is 1.92 bits per heavy atom. The largest absolute Gasteiger partial charge is 0.306 e. The van der Waals surface area contributed by atoms with Crippen LogP contribution in [0.2, 0.25) is 0 Å². The van der Waals surface area contributed by atoms with Crippen molar-refractivity contribution in [3.8, 4) is 0 Å². The lowest BCUT2D eigenvalue weighted by Crippen LogP contribution is -2.30. The quantitative estimate of drug-likeness (QED) is 0.543. The highest BCUT2D eigenvalue weighted by atomic mass is 15.1. The van der Waals surface area contributed by atoms with Gasteiger partial charge in [-0.15, -0.1) is 0 Å². The second kappa shape index (κ2) is 7.11. The lowest BCUT2D eigenvalue weighted by Gasteiger charge is -2.26. The molecule has 1 fully saturated rings. The molecule has 1 aliphatic heterocycles. The molecule has 0 saturated carbocycles. The Hall–Kier alpha value is -0.560. The number of allylic oxidation sites excluding steroid dienone is 2. The summed E-state index contributed by atoms with van der Waals surface area (Å²) >= 11 is 0. The molecule has 70 valence electrons. The maximum Gasteiger partial charge on any atom is 0.000398 e. The summed E-state index contributed by atoms with van der Waals surface area (Å²) in [4.78, 5) is 2.41. The first-order chi connectivity index (χ1) is 5.70. The first kappa shape index (κ1) is 11.4. The van der Waals surface area contributed by atoms with E-state index in [2.05, 4.69) is 32.0 Å². The highest BCUT2D eigenvalue weighted by Crippen LogP contribution is 2.12. The molecule has 0 aromatic heterocycles. The van der Waals surface area contributed by atoms with Gasteiger partial charge in [-0.3, -0.25) is 0 Å². The third-order valence-corrected chi connectivity index (χ3v) is 2.03. The van der Waals surface area contributed by atoms with Crippen LogP contribution in [0.15, 0.2) is 25.3 Å². The van der Waals surface area contributed by atoms with Gasteiger partial charge in [0.25, 0.3) is 0 Å². The number of hydrogen-bond acceptors (Lipinski definition) is 1. The maximum atomic E-state index is 3.36. The third kappa shape index (κ3) is 6.17. The predicted molar refractivity (Wildman–Crippen MR) is 56.3 cm³/mol. The molecule has 1 atom stereocenters. The molecule has 1 unspecified atom stereocenters. The summed E-state index contributed by atoms with van der Waals surface area (Å²) in [5, 5.41) is 0. The van der Waals surface area contributed by atoms with Crippen molar-refractivity contribution in [2.24, 2.45) is 5.92 Å². The lowest BCUT2D eigenvalue weighted by atomic mass is 10.0. The molecule has 1 heterocycles. The van der Waals surface area contributed by atoms with Crippen LogP contribution in [0.4, 0.5) is 0 Å². The Morgan fingerprint density at radius 3 is 2.17 bits per heavy atom. The van der Waals surface area contributed by atoms with Gasteiger partial charge in [0.15, 0.2) is 0 Å². The molecular formula is C11H21N. The van der Waals surface area contributed by atoms with Gasteiger partial charge in [0.2, 0.25) is 0 Å². The van der Waals surface area contributed by atoms with Crippen molar-refractivity contribution in [3.63, 3.8) is 0 Å². The SMILES string of the molecule is C=CC=C.CC1CCCN(C)C1. The van der Waals surface area contributed by atoms with Crippen molar-refractivity contribution in [2.45, 2.75) is 19.8 Å². The smallest absolute Gasteiger partial charge is 0.000398 e. The van der Waals surface area contributed by atoms with E-state index in [-0.39, 0.29) is 0 Å². The van der Waals surface area contributed by atoms with Gasteiger partial charge < -0.3 is 4.90 Å². The first-order valence-corrected chi connectivity index (χ1v) is 4.62. The molecule has 1 heteroatoms. The van der Waals surface area contributed by atoms with Crippen LogP contribution in [0.1, 0.15) is 19.8 Å². The summed E-state index contributed by atoms with van der Waals surface area (Å²) in [5.74, 6) is 0.939. The van der Waals surface area contributed by atoms with E-state index in [1.807, 2.05) is 0 Å². The lowest BCUT2D eigenvalue weighted by molar-refractivity contribution is 0.221. The number of likely N-dealkylation sites (tertiary alicyclic amines) is 1. The molecule has 0 bridgehead atoms. The van der Waals surface area contributed by atoms with E-state index < -0.39 is 0 Å². The Labute approximate surface area is 76.8 Å². The van der Waals surface area contributed by atoms with E-state index in [0.717, 1.165) is 5.92 Å². The fourth-order valence-corrected chi connectivity index (χ4v) is 1.42. The molecule has 1 rings (SSSR count). The molecule has 1 saturated heterocycles. The van der Waals surface area contributed by atoms with Crippen LogP contribution in [-0.4, -0.2) is 25.0 Å². The molecule has 0 aromatic rings. The van der Waals surface area contributed by atoms with Crippen LogP contribution in [0.25, 0.3) is 0 Å². The Kier molecular flexibility index (Phi) is 6.78. The van der Waals surface area contributed by atoms with E-state index in [9.17, 15) is 0 Å². The van der Waals surface area contributed by atoms with Crippen molar-refractivity contribution < 1.29 is 0 Å². The van der Waals surface area contributed by atoms with Crippen molar-refractivity contribution in [3.05, 3.63) is 25.3 Å². The number of rotatable bonds is 1. The molecule has 12 heavy (non-hydrogen) atoms. The molecule has 0 amide bonds. The first-order valence-electron chi connectivity index (χ1n) is 4.62. The molecule has 0 spiro atoms. The van der Waals surface area contributed by atoms with Crippen LogP contribution in [0.3, 0.4) is 0 Å². The van der Waals surface area contributed by atoms with Crippen LogP contribution in [-0.2, 0) is 0 Å². The van der Waals surface area contributed by atoms with Crippen molar-refractivity contribution in [1.82, 2.24) is 4.90 Å². The zero-order valence-electron chi connectivity index (χ0n) is 8.42. The second-order valence-electron chi connectivity index (χ2n) is 3.48. The fourth-order valence-electron chi connectivity index (χ4n) is 1.42. The van der Waals surface area contributed by atoms with Gasteiger partial charge in [-0.05, 0) is 32.4 Å². The van der Waals surface area contributed by atoms with E-state index in [0.29, 0.717) is 0 Å². The highest BCUT2D eigenvalue weighted by Gasteiger charge is 2.11. The van der Waals surface area contributed by atoms with Gasteiger partial charge in [0.05, 0.1) is 0 Å². The minimum atomic E-state index is 0.939. The van der Waals surface area contributed by atoms with Crippen LogP contribution in [0.5, 0.6) is 0 Å². The number of hydrogen-bond donors (Lipinski definition) is 0. The zero-order chi connectivity index (χ0) is 9.40. The van der Waals surface area contributed by atoms with Crippen molar-refractivity contribution >= 4 is 0 Å². The van der Waals surface area contributed by atoms with E-state index in [4.69, 9.17) is 0 Å². The summed E-state index contributed by atoms with van der Waals surface area (Å²) in [6, 6.07) is 0. The van der Waals surface area contributed by atoms with Crippen molar-refractivity contribution in [1.29, 1.82) is 0 Å². The molecular weight excluding hydrogens is 146 g/mol. The average Bonchev–Trinajstić information content (AvgIpc) is 2.04. The molecule has 0 N–H and O–H groups in total. The Morgan fingerprint density at radius 1 is 1.33 bits per heavy atom. The van der Waals surface area contributed by atoms with Gasteiger partial charge in [0, 0.05) is 6.54 Å². The molecule has 0 aromatic carbocycles. The summed E-state index contributed by atoms with van der Waals surface area (Å²) < 4.78 is 0. The monoisotopic (exact) mass is 167 g/mol. The Bertz CT molecular complexity index is 115. The van der Waals surface area contributed by atoms with Crippen LogP contribution in [0, 0.1) is 5.92 Å². The van der Waals surface area contributed by atoms with E-state index in [1.54, 1.807) is 12.2 Å². The zero-order valence-corrected chi connectivity index (χ0v) is 8.42. The summed E-state index contributed by atoms with van der Waals surface area (Å²) in [5.41, 5.74) is 0. The predicted octanol–water partition coefficient (Wildman–Crippen LogP) is 2.71. The third-order valence-electron chi connectivity index (χ3n) is 2.03. The van der Waals surface area contributed by atoms with Crippen LogP contribution < -0.4 is 0 Å². The average molecular weight is 167 g/mol. The van der Waals surface area contributed by atoms with Crippen molar-refractivity contribution in [2.75, 3.05) is 20.1 Å². The van der Waals surface area contributed by atoms with E-state index >= 15 is 0 Å². The second-order valence-corrected chi connectivity index (χ2v) is 3.48. The van der Waals surface area contributed by atoms with Gasteiger partial charge in [-0.25, -0.2) is 0 Å². The fraction of sp³-hybridized carbons (Fsp3) is 0.636.